The minimum absolute atomic E-state index is 0.0285. The minimum Gasteiger partial charge on any atom is -0.291 e. The maximum atomic E-state index is 12.5. The van der Waals surface area contributed by atoms with Gasteiger partial charge in [0, 0.05) is 10.6 Å². The maximum absolute atomic E-state index is 12.5. The van der Waals surface area contributed by atoms with Crippen LogP contribution in [-0.2, 0) is 5.54 Å². The van der Waals surface area contributed by atoms with Crippen LogP contribution in [0.1, 0.15) is 23.2 Å². The molecule has 4 nitrogen and oxygen atoms in total. The number of hydrogen-bond acceptors (Lipinski definition) is 3. The lowest BCUT2D eigenvalue weighted by Crippen LogP contribution is -2.28. The number of halogens is 2. The molecule has 3 rings (SSSR count). The molecule has 1 aromatic heterocycles. The zero-order chi connectivity index (χ0) is 12.8. The Morgan fingerprint density at radius 1 is 1.22 bits per heavy atom. The van der Waals surface area contributed by atoms with Crippen molar-refractivity contribution < 1.29 is 4.79 Å². The summed E-state index contributed by atoms with van der Waals surface area (Å²) in [5, 5.41) is 4.80. The van der Waals surface area contributed by atoms with E-state index in [1.807, 2.05) is 0 Å². The summed E-state index contributed by atoms with van der Waals surface area (Å²) >= 11 is 11.5. The topological polar surface area (TPSA) is 47.8 Å². The van der Waals surface area contributed by atoms with Crippen LogP contribution in [0.4, 0.5) is 0 Å². The largest absolute Gasteiger partial charge is 0.291 e. The van der Waals surface area contributed by atoms with Gasteiger partial charge in [0.25, 0.3) is 0 Å². The van der Waals surface area contributed by atoms with Crippen molar-refractivity contribution in [1.29, 1.82) is 0 Å². The SMILES string of the molecule is O=C(c1ccc(Cl)cc1)C1(n2cnc(Cl)n2)CC1. The monoisotopic (exact) mass is 281 g/mol. The van der Waals surface area contributed by atoms with Gasteiger partial charge in [0.2, 0.25) is 5.28 Å². The Bertz CT molecular complexity index is 602. The first-order valence-electron chi connectivity index (χ1n) is 5.50. The second kappa shape index (κ2) is 4.07. The number of rotatable bonds is 3. The van der Waals surface area contributed by atoms with Crippen molar-refractivity contribution in [2.75, 3.05) is 0 Å². The van der Waals surface area contributed by atoms with Crippen molar-refractivity contribution in [2.24, 2.45) is 0 Å². The van der Waals surface area contributed by atoms with Crippen LogP contribution in [0.15, 0.2) is 30.6 Å². The van der Waals surface area contributed by atoms with Crippen molar-refractivity contribution in [1.82, 2.24) is 14.8 Å². The van der Waals surface area contributed by atoms with Gasteiger partial charge in [-0.05, 0) is 48.7 Å². The van der Waals surface area contributed by atoms with Crippen LogP contribution in [-0.4, -0.2) is 20.5 Å². The van der Waals surface area contributed by atoms with E-state index < -0.39 is 5.54 Å². The summed E-state index contributed by atoms with van der Waals surface area (Å²) in [5.74, 6) is 0.0285. The molecule has 0 saturated heterocycles. The first-order valence-corrected chi connectivity index (χ1v) is 6.25. The molecule has 0 N–H and O–H groups in total. The van der Waals surface area contributed by atoms with E-state index in [0.29, 0.717) is 10.6 Å². The van der Waals surface area contributed by atoms with Gasteiger partial charge in [-0.15, -0.1) is 5.10 Å². The van der Waals surface area contributed by atoms with Crippen LogP contribution in [0.25, 0.3) is 0 Å². The van der Waals surface area contributed by atoms with E-state index in [9.17, 15) is 4.79 Å². The van der Waals surface area contributed by atoms with Crippen molar-refractivity contribution >= 4 is 29.0 Å². The Kier molecular flexibility index (Phi) is 2.64. The van der Waals surface area contributed by atoms with Gasteiger partial charge in [0.15, 0.2) is 5.78 Å². The molecular weight excluding hydrogens is 273 g/mol. The number of ketones is 1. The highest BCUT2D eigenvalue weighted by atomic mass is 35.5. The standard InChI is InChI=1S/C12H9Cl2N3O/c13-9-3-1-8(2-4-9)10(18)12(5-6-12)17-7-15-11(14)16-17/h1-4,7H,5-6H2. The highest BCUT2D eigenvalue weighted by molar-refractivity contribution is 6.30. The van der Waals surface area contributed by atoms with E-state index in [1.165, 1.54) is 6.33 Å². The molecule has 1 aliphatic carbocycles. The van der Waals surface area contributed by atoms with Crippen LogP contribution in [0.3, 0.4) is 0 Å². The first-order chi connectivity index (χ1) is 8.62. The Morgan fingerprint density at radius 2 is 1.89 bits per heavy atom. The van der Waals surface area contributed by atoms with Gasteiger partial charge in [-0.2, -0.15) is 0 Å². The second-order valence-corrected chi connectivity index (χ2v) is 5.10. The number of Topliss-reactive ketones (excluding diaryl/α,β-unsaturated/α-hetero) is 1. The van der Waals surface area contributed by atoms with E-state index in [4.69, 9.17) is 23.2 Å². The fourth-order valence-electron chi connectivity index (χ4n) is 2.00. The van der Waals surface area contributed by atoms with Gasteiger partial charge in [0.05, 0.1) is 0 Å². The molecule has 0 bridgehead atoms. The number of aromatic nitrogens is 3. The number of carbonyl (C=O) groups is 1. The summed E-state index contributed by atoms with van der Waals surface area (Å²) in [5.41, 5.74) is 0.0251. The average molecular weight is 282 g/mol. The smallest absolute Gasteiger partial charge is 0.242 e. The Hall–Kier alpha value is -1.39. The van der Waals surface area contributed by atoms with Crippen LogP contribution >= 0.6 is 23.2 Å². The predicted molar refractivity (Wildman–Crippen MR) is 68.0 cm³/mol. The molecule has 92 valence electrons. The van der Waals surface area contributed by atoms with Gasteiger partial charge in [-0.3, -0.25) is 4.79 Å². The molecule has 1 heterocycles. The molecule has 0 amide bonds. The molecule has 18 heavy (non-hydrogen) atoms. The third kappa shape index (κ3) is 1.82. The lowest BCUT2D eigenvalue weighted by atomic mass is 10.0. The number of carbonyl (C=O) groups excluding carboxylic acids is 1. The summed E-state index contributed by atoms with van der Waals surface area (Å²) in [6.07, 6.45) is 3.02. The normalized spacial score (nSPS) is 16.6. The molecule has 0 unspecified atom stereocenters. The Balaban J connectivity index is 1.95. The van der Waals surface area contributed by atoms with Gasteiger partial charge < -0.3 is 0 Å². The second-order valence-electron chi connectivity index (χ2n) is 4.33. The minimum atomic E-state index is -0.603. The summed E-state index contributed by atoms with van der Waals surface area (Å²) in [7, 11) is 0. The Labute approximate surface area is 114 Å². The third-order valence-electron chi connectivity index (χ3n) is 3.16. The zero-order valence-electron chi connectivity index (χ0n) is 9.31. The molecule has 1 fully saturated rings. The Morgan fingerprint density at radius 3 is 2.39 bits per heavy atom. The number of benzene rings is 1. The van der Waals surface area contributed by atoms with Crippen LogP contribution in [0.5, 0.6) is 0 Å². The van der Waals surface area contributed by atoms with E-state index in [2.05, 4.69) is 10.1 Å². The molecule has 0 aliphatic heterocycles. The fraction of sp³-hybridized carbons (Fsp3) is 0.250. The van der Waals surface area contributed by atoms with Crippen molar-refractivity contribution in [3.05, 3.63) is 46.5 Å². The van der Waals surface area contributed by atoms with Gasteiger partial charge in [0.1, 0.15) is 11.9 Å². The molecule has 1 aliphatic rings. The maximum Gasteiger partial charge on any atom is 0.242 e. The highest BCUT2D eigenvalue weighted by Crippen LogP contribution is 2.45. The number of hydrogen-bond donors (Lipinski definition) is 0. The highest BCUT2D eigenvalue weighted by Gasteiger charge is 2.52. The zero-order valence-corrected chi connectivity index (χ0v) is 10.8. The van der Waals surface area contributed by atoms with Crippen LogP contribution < -0.4 is 0 Å². The predicted octanol–water partition coefficient (Wildman–Crippen LogP) is 2.96. The van der Waals surface area contributed by atoms with E-state index in [-0.39, 0.29) is 11.1 Å². The van der Waals surface area contributed by atoms with Gasteiger partial charge in [-0.25, -0.2) is 9.67 Å². The third-order valence-corrected chi connectivity index (χ3v) is 3.58. The first kappa shape index (κ1) is 11.7. The van der Waals surface area contributed by atoms with Crippen molar-refractivity contribution in [3.8, 4) is 0 Å². The number of nitrogens with zero attached hydrogens (tertiary/aromatic N) is 3. The van der Waals surface area contributed by atoms with Crippen molar-refractivity contribution in [3.63, 3.8) is 0 Å². The van der Waals surface area contributed by atoms with E-state index in [0.717, 1.165) is 12.8 Å². The van der Waals surface area contributed by atoms with E-state index >= 15 is 0 Å². The van der Waals surface area contributed by atoms with Crippen LogP contribution in [0, 0.1) is 0 Å². The molecular formula is C12H9Cl2N3O. The fourth-order valence-corrected chi connectivity index (χ4v) is 2.25. The summed E-state index contributed by atoms with van der Waals surface area (Å²) in [6, 6.07) is 6.87. The molecule has 0 spiro atoms. The molecule has 0 radical (unpaired) electrons. The van der Waals surface area contributed by atoms with Gasteiger partial charge in [-0.1, -0.05) is 11.6 Å². The quantitative estimate of drug-likeness (QED) is 0.813. The van der Waals surface area contributed by atoms with E-state index in [1.54, 1.807) is 28.9 Å². The average Bonchev–Trinajstić information content (AvgIpc) is 3.07. The lowest BCUT2D eigenvalue weighted by Gasteiger charge is -2.13. The van der Waals surface area contributed by atoms with Gasteiger partial charge >= 0.3 is 0 Å². The molecule has 1 saturated carbocycles. The molecule has 2 aromatic rings. The summed E-state index contributed by atoms with van der Waals surface area (Å²) < 4.78 is 1.56. The molecule has 0 atom stereocenters. The molecule has 1 aromatic carbocycles. The van der Waals surface area contributed by atoms with Crippen LogP contribution in [0.2, 0.25) is 10.3 Å². The summed E-state index contributed by atoms with van der Waals surface area (Å²) in [4.78, 5) is 16.3. The lowest BCUT2D eigenvalue weighted by molar-refractivity contribution is 0.0896. The van der Waals surface area contributed by atoms with Crippen molar-refractivity contribution in [2.45, 2.75) is 18.4 Å². The summed E-state index contributed by atoms with van der Waals surface area (Å²) in [6.45, 7) is 0. The molecule has 6 heteroatoms.